The first-order valence-corrected chi connectivity index (χ1v) is 6.32. The Morgan fingerprint density at radius 3 is 2.81 bits per heavy atom. The second-order valence-corrected chi connectivity index (χ2v) is 4.61. The summed E-state index contributed by atoms with van der Waals surface area (Å²) in [5.74, 6) is 0.674. The number of ether oxygens (including phenoxy) is 1. The molecule has 1 rings (SSSR count). The summed E-state index contributed by atoms with van der Waals surface area (Å²) in [6, 6.07) is 0.0136. The first-order chi connectivity index (χ1) is 7.72. The lowest BCUT2D eigenvalue weighted by Gasteiger charge is -2.22. The molecule has 16 heavy (non-hydrogen) atoms. The zero-order valence-corrected chi connectivity index (χ0v) is 10.2. The first kappa shape index (κ1) is 13.5. The number of carbonyl (C=O) groups is 1. The van der Waals surface area contributed by atoms with Crippen molar-refractivity contribution in [3.05, 3.63) is 0 Å². The van der Waals surface area contributed by atoms with Gasteiger partial charge in [-0.15, -0.1) is 0 Å². The number of nitrogens with one attached hydrogen (secondary N) is 1. The molecule has 0 aromatic heterocycles. The Morgan fingerprint density at radius 1 is 1.50 bits per heavy atom. The lowest BCUT2D eigenvalue weighted by Crippen LogP contribution is -2.35. The van der Waals surface area contributed by atoms with Gasteiger partial charge in [0, 0.05) is 32.2 Å². The molecule has 1 atom stereocenters. The molecule has 4 nitrogen and oxygen atoms in total. The summed E-state index contributed by atoms with van der Waals surface area (Å²) in [6.07, 6.45) is 4.53. The normalized spacial score (nSPS) is 19.4. The van der Waals surface area contributed by atoms with Crippen molar-refractivity contribution in [2.24, 2.45) is 11.7 Å². The molecule has 94 valence electrons. The van der Waals surface area contributed by atoms with E-state index in [0.29, 0.717) is 12.3 Å². The zero-order chi connectivity index (χ0) is 11.8. The molecule has 0 bridgehead atoms. The standard InChI is InChI=1S/C12H24N2O2/c1-2-3-11(13)8-12(15)14-9-10-4-6-16-7-5-10/h10-11H,2-9,13H2,1H3,(H,14,15). The molecule has 4 heteroatoms. The van der Waals surface area contributed by atoms with Crippen LogP contribution in [0.5, 0.6) is 0 Å². The summed E-state index contributed by atoms with van der Waals surface area (Å²) >= 11 is 0. The summed E-state index contributed by atoms with van der Waals surface area (Å²) in [6.45, 7) is 4.52. The van der Waals surface area contributed by atoms with E-state index in [1.165, 1.54) is 0 Å². The molecule has 3 N–H and O–H groups in total. The molecule has 0 saturated carbocycles. The Hall–Kier alpha value is -0.610. The number of rotatable bonds is 6. The van der Waals surface area contributed by atoms with Crippen LogP contribution in [-0.4, -0.2) is 31.7 Å². The van der Waals surface area contributed by atoms with Gasteiger partial charge in [0.05, 0.1) is 0 Å². The van der Waals surface area contributed by atoms with Crippen LogP contribution in [0.15, 0.2) is 0 Å². The first-order valence-electron chi connectivity index (χ1n) is 6.32. The van der Waals surface area contributed by atoms with Gasteiger partial charge in [-0.3, -0.25) is 4.79 Å². The van der Waals surface area contributed by atoms with Gasteiger partial charge >= 0.3 is 0 Å². The predicted molar refractivity (Wildman–Crippen MR) is 64.1 cm³/mol. The highest BCUT2D eigenvalue weighted by Gasteiger charge is 2.15. The summed E-state index contributed by atoms with van der Waals surface area (Å²) < 4.78 is 5.27. The number of hydrogen-bond donors (Lipinski definition) is 2. The minimum atomic E-state index is 0.0136. The topological polar surface area (TPSA) is 64.4 Å². The van der Waals surface area contributed by atoms with E-state index < -0.39 is 0 Å². The van der Waals surface area contributed by atoms with Gasteiger partial charge in [-0.05, 0) is 25.2 Å². The number of carbonyl (C=O) groups excluding carboxylic acids is 1. The molecular weight excluding hydrogens is 204 g/mol. The van der Waals surface area contributed by atoms with Crippen LogP contribution in [0.4, 0.5) is 0 Å². The molecule has 1 aliphatic rings. The Morgan fingerprint density at radius 2 is 2.19 bits per heavy atom. The van der Waals surface area contributed by atoms with Gasteiger partial charge < -0.3 is 15.8 Å². The van der Waals surface area contributed by atoms with Crippen molar-refractivity contribution in [1.82, 2.24) is 5.32 Å². The van der Waals surface area contributed by atoms with Crippen LogP contribution in [0.25, 0.3) is 0 Å². The maximum Gasteiger partial charge on any atom is 0.221 e. The van der Waals surface area contributed by atoms with Crippen molar-refractivity contribution >= 4 is 5.91 Å². The molecule has 0 aliphatic carbocycles. The van der Waals surface area contributed by atoms with Gasteiger partial charge in [0.1, 0.15) is 0 Å². The molecule has 1 unspecified atom stereocenters. The average molecular weight is 228 g/mol. The van der Waals surface area contributed by atoms with Crippen LogP contribution in [0, 0.1) is 5.92 Å². The monoisotopic (exact) mass is 228 g/mol. The highest BCUT2D eigenvalue weighted by Crippen LogP contribution is 2.13. The highest BCUT2D eigenvalue weighted by molar-refractivity contribution is 5.76. The Balaban J connectivity index is 2.09. The predicted octanol–water partition coefficient (Wildman–Crippen LogP) is 1.05. The third kappa shape index (κ3) is 5.47. The van der Waals surface area contributed by atoms with Crippen LogP contribution in [-0.2, 0) is 9.53 Å². The quantitative estimate of drug-likeness (QED) is 0.714. The number of hydrogen-bond acceptors (Lipinski definition) is 3. The third-order valence-electron chi connectivity index (χ3n) is 3.04. The number of amides is 1. The van der Waals surface area contributed by atoms with Crippen LogP contribution in [0.2, 0.25) is 0 Å². The number of nitrogens with two attached hydrogens (primary N) is 1. The lowest BCUT2D eigenvalue weighted by atomic mass is 10.0. The fourth-order valence-corrected chi connectivity index (χ4v) is 1.99. The average Bonchev–Trinajstić information content (AvgIpc) is 2.28. The highest BCUT2D eigenvalue weighted by atomic mass is 16.5. The Bertz CT molecular complexity index is 203. The second kappa shape index (κ2) is 7.63. The Labute approximate surface area is 97.9 Å². The molecule has 0 aromatic rings. The summed E-state index contributed by atoms with van der Waals surface area (Å²) in [4.78, 5) is 11.5. The van der Waals surface area contributed by atoms with E-state index in [4.69, 9.17) is 10.5 Å². The van der Waals surface area contributed by atoms with Crippen LogP contribution in [0.1, 0.15) is 39.0 Å². The van der Waals surface area contributed by atoms with Crippen LogP contribution >= 0.6 is 0 Å². The third-order valence-corrected chi connectivity index (χ3v) is 3.04. The molecule has 1 heterocycles. The minimum absolute atomic E-state index is 0.0136. The van der Waals surface area contributed by atoms with Gasteiger partial charge in [-0.2, -0.15) is 0 Å². The van der Waals surface area contributed by atoms with Gasteiger partial charge in [0.2, 0.25) is 5.91 Å². The smallest absolute Gasteiger partial charge is 0.221 e. The maximum absolute atomic E-state index is 11.5. The van der Waals surface area contributed by atoms with Crippen molar-refractivity contribution in [2.75, 3.05) is 19.8 Å². The van der Waals surface area contributed by atoms with E-state index in [0.717, 1.165) is 45.4 Å². The summed E-state index contributed by atoms with van der Waals surface area (Å²) in [5.41, 5.74) is 5.81. The molecule has 0 radical (unpaired) electrons. The SMILES string of the molecule is CCCC(N)CC(=O)NCC1CCOCC1. The molecule has 1 amide bonds. The lowest BCUT2D eigenvalue weighted by molar-refractivity contribution is -0.121. The van der Waals surface area contributed by atoms with Gasteiger partial charge in [0.15, 0.2) is 0 Å². The summed E-state index contributed by atoms with van der Waals surface area (Å²) in [7, 11) is 0. The maximum atomic E-state index is 11.5. The van der Waals surface area contributed by atoms with E-state index >= 15 is 0 Å². The van der Waals surface area contributed by atoms with Crippen molar-refractivity contribution in [3.63, 3.8) is 0 Å². The van der Waals surface area contributed by atoms with Crippen LogP contribution in [0.3, 0.4) is 0 Å². The van der Waals surface area contributed by atoms with Crippen molar-refractivity contribution in [1.29, 1.82) is 0 Å². The molecule has 1 aliphatic heterocycles. The molecule has 1 saturated heterocycles. The minimum Gasteiger partial charge on any atom is -0.381 e. The van der Waals surface area contributed by atoms with Crippen molar-refractivity contribution in [3.8, 4) is 0 Å². The van der Waals surface area contributed by atoms with Gasteiger partial charge in [-0.1, -0.05) is 13.3 Å². The molecular formula is C12H24N2O2. The van der Waals surface area contributed by atoms with E-state index in [1.54, 1.807) is 0 Å². The largest absolute Gasteiger partial charge is 0.381 e. The zero-order valence-electron chi connectivity index (χ0n) is 10.2. The van der Waals surface area contributed by atoms with Crippen molar-refractivity contribution in [2.45, 2.75) is 45.1 Å². The van der Waals surface area contributed by atoms with E-state index in [-0.39, 0.29) is 11.9 Å². The molecule has 0 aromatic carbocycles. The Kier molecular flexibility index (Phi) is 6.42. The van der Waals surface area contributed by atoms with Gasteiger partial charge in [-0.25, -0.2) is 0 Å². The fourth-order valence-electron chi connectivity index (χ4n) is 1.99. The summed E-state index contributed by atoms with van der Waals surface area (Å²) in [5, 5.41) is 2.97. The van der Waals surface area contributed by atoms with E-state index in [2.05, 4.69) is 12.2 Å². The second-order valence-electron chi connectivity index (χ2n) is 4.61. The van der Waals surface area contributed by atoms with Crippen LogP contribution < -0.4 is 11.1 Å². The van der Waals surface area contributed by atoms with Crippen molar-refractivity contribution < 1.29 is 9.53 Å². The fraction of sp³-hybridized carbons (Fsp3) is 0.917. The molecule has 0 spiro atoms. The van der Waals surface area contributed by atoms with E-state index in [1.807, 2.05) is 0 Å². The van der Waals surface area contributed by atoms with Gasteiger partial charge in [0.25, 0.3) is 0 Å². The molecule has 1 fully saturated rings. The van der Waals surface area contributed by atoms with E-state index in [9.17, 15) is 4.79 Å².